The van der Waals surface area contributed by atoms with Gasteiger partial charge in [0.25, 0.3) is 6.26 Å². The zero-order valence-corrected chi connectivity index (χ0v) is 17.9. The summed E-state index contributed by atoms with van der Waals surface area (Å²) in [5, 5.41) is 9.28. The van der Waals surface area contributed by atoms with Crippen LogP contribution in [0, 0.1) is 11.5 Å². The lowest BCUT2D eigenvalue weighted by molar-refractivity contribution is -0.142. The predicted molar refractivity (Wildman–Crippen MR) is 117 cm³/mol. The minimum atomic E-state index is -0.531. The lowest BCUT2D eigenvalue weighted by atomic mass is 9.99. The van der Waals surface area contributed by atoms with Gasteiger partial charge in [0.2, 0.25) is 0 Å². The molecule has 0 saturated carbocycles. The Morgan fingerprint density at radius 2 is 1.73 bits per heavy atom. The molecule has 2 aromatic rings. The van der Waals surface area contributed by atoms with Gasteiger partial charge in [-0.25, -0.2) is 4.79 Å². The second-order valence-corrected chi connectivity index (χ2v) is 6.90. The van der Waals surface area contributed by atoms with Crippen LogP contribution in [0.2, 0.25) is 0 Å². The number of unbranched alkanes of at least 4 members (excludes halogenated alkanes) is 2. The first-order valence-corrected chi connectivity index (χ1v) is 10.4. The van der Waals surface area contributed by atoms with E-state index in [4.69, 9.17) is 14.2 Å². The van der Waals surface area contributed by atoms with Crippen molar-refractivity contribution in [1.29, 1.82) is 5.26 Å². The molecule has 0 fully saturated rings. The number of methoxy groups -OCH3 is 1. The normalized spacial score (nSPS) is 12.3. The highest BCUT2D eigenvalue weighted by Crippen LogP contribution is 2.34. The molecule has 158 valence electrons. The molecule has 0 spiro atoms. The third kappa shape index (κ3) is 6.12. The molecule has 2 aromatic carbocycles. The third-order valence-corrected chi connectivity index (χ3v) is 4.85. The molecule has 0 aliphatic rings. The zero-order chi connectivity index (χ0) is 21.8. The van der Waals surface area contributed by atoms with Crippen LogP contribution in [-0.4, -0.2) is 19.2 Å². The van der Waals surface area contributed by atoms with Gasteiger partial charge in [0.15, 0.2) is 5.76 Å². The van der Waals surface area contributed by atoms with Crippen molar-refractivity contribution in [2.24, 2.45) is 0 Å². The molecule has 0 bridgehead atoms. The summed E-state index contributed by atoms with van der Waals surface area (Å²) in [6.07, 6.45) is 6.22. The van der Waals surface area contributed by atoms with E-state index >= 15 is 0 Å². The van der Waals surface area contributed by atoms with Crippen LogP contribution in [0.1, 0.15) is 57.1 Å². The molecule has 0 amide bonds. The number of benzene rings is 2. The van der Waals surface area contributed by atoms with Crippen molar-refractivity contribution < 1.29 is 19.0 Å². The van der Waals surface area contributed by atoms with E-state index in [0.717, 1.165) is 25.7 Å². The van der Waals surface area contributed by atoms with Crippen LogP contribution in [0.4, 0.5) is 0 Å². The van der Waals surface area contributed by atoms with Crippen molar-refractivity contribution in [3.8, 4) is 12.0 Å². The summed E-state index contributed by atoms with van der Waals surface area (Å²) in [5.41, 5.74) is 1.30. The SMILES string of the molecule is CCCCCC(CC)OC(=O)C(=C(OC#N)c1ccccc1)c1ccccc1OC. The van der Waals surface area contributed by atoms with Gasteiger partial charge in [0.05, 0.1) is 7.11 Å². The average molecular weight is 408 g/mol. The summed E-state index contributed by atoms with van der Waals surface area (Å²) >= 11 is 0. The van der Waals surface area contributed by atoms with Gasteiger partial charge >= 0.3 is 5.97 Å². The van der Waals surface area contributed by atoms with E-state index in [2.05, 4.69) is 6.92 Å². The van der Waals surface area contributed by atoms with Crippen molar-refractivity contribution in [2.45, 2.75) is 52.1 Å². The van der Waals surface area contributed by atoms with Crippen LogP contribution in [0.15, 0.2) is 54.6 Å². The largest absolute Gasteiger partial charge is 0.496 e. The first kappa shape index (κ1) is 23.0. The maximum absolute atomic E-state index is 13.4. The van der Waals surface area contributed by atoms with Crippen molar-refractivity contribution >= 4 is 17.3 Å². The monoisotopic (exact) mass is 407 g/mol. The summed E-state index contributed by atoms with van der Waals surface area (Å²) < 4.78 is 16.6. The minimum Gasteiger partial charge on any atom is -0.496 e. The van der Waals surface area contributed by atoms with E-state index in [9.17, 15) is 10.1 Å². The summed E-state index contributed by atoms with van der Waals surface area (Å²) in [4.78, 5) is 13.4. The summed E-state index contributed by atoms with van der Waals surface area (Å²) in [6, 6.07) is 16.2. The second-order valence-electron chi connectivity index (χ2n) is 6.90. The van der Waals surface area contributed by atoms with Gasteiger partial charge in [-0.3, -0.25) is 0 Å². The standard InChI is InChI=1S/C25H29NO4/c1-4-6-8-15-20(5-2)30-25(27)23(21-16-11-12-17-22(21)28-3)24(29-18-26)19-13-9-7-10-14-19/h7,9-14,16-17,20H,4-6,8,15H2,1-3H3. The molecule has 5 nitrogen and oxygen atoms in total. The number of nitriles is 1. The second kappa shape index (κ2) is 12.3. The Morgan fingerprint density at radius 3 is 2.37 bits per heavy atom. The smallest absolute Gasteiger partial charge is 0.343 e. The number of nitrogens with zero attached hydrogens (tertiary/aromatic N) is 1. The zero-order valence-electron chi connectivity index (χ0n) is 17.9. The average Bonchev–Trinajstić information content (AvgIpc) is 2.79. The van der Waals surface area contributed by atoms with Crippen LogP contribution in [-0.2, 0) is 14.3 Å². The van der Waals surface area contributed by atoms with Gasteiger partial charge in [0.1, 0.15) is 17.4 Å². The molecule has 0 aliphatic carbocycles. The minimum absolute atomic E-state index is 0.149. The predicted octanol–water partition coefficient (Wildman–Crippen LogP) is 5.96. The molecule has 2 rings (SSSR count). The number of para-hydroxylation sites is 1. The fourth-order valence-corrected chi connectivity index (χ4v) is 3.24. The lowest BCUT2D eigenvalue weighted by Gasteiger charge is -2.20. The molecule has 0 N–H and O–H groups in total. The number of ether oxygens (including phenoxy) is 3. The Hall–Kier alpha value is -3.26. The van der Waals surface area contributed by atoms with Crippen LogP contribution >= 0.6 is 0 Å². The number of rotatable bonds is 11. The molecular weight excluding hydrogens is 378 g/mol. The van der Waals surface area contributed by atoms with E-state index < -0.39 is 5.97 Å². The lowest BCUT2D eigenvalue weighted by Crippen LogP contribution is -2.20. The van der Waals surface area contributed by atoms with Gasteiger partial charge in [-0.05, 0) is 25.3 Å². The highest BCUT2D eigenvalue weighted by Gasteiger charge is 2.27. The Bertz CT molecular complexity index is 884. The molecule has 5 heteroatoms. The van der Waals surface area contributed by atoms with E-state index in [1.54, 1.807) is 36.6 Å². The van der Waals surface area contributed by atoms with Crippen LogP contribution in [0.5, 0.6) is 5.75 Å². The fraction of sp³-hybridized carbons (Fsp3) is 0.360. The van der Waals surface area contributed by atoms with E-state index in [1.807, 2.05) is 31.2 Å². The van der Waals surface area contributed by atoms with Gasteiger partial charge in [0, 0.05) is 11.1 Å². The maximum Gasteiger partial charge on any atom is 0.343 e. The van der Waals surface area contributed by atoms with Crippen LogP contribution in [0.25, 0.3) is 11.3 Å². The number of hydrogen-bond acceptors (Lipinski definition) is 5. The van der Waals surface area contributed by atoms with E-state index in [0.29, 0.717) is 23.3 Å². The highest BCUT2D eigenvalue weighted by molar-refractivity contribution is 6.24. The van der Waals surface area contributed by atoms with Gasteiger partial charge in [-0.1, -0.05) is 75.2 Å². The first-order chi connectivity index (χ1) is 14.7. The topological polar surface area (TPSA) is 68.5 Å². The number of carbonyl (C=O) groups is 1. The highest BCUT2D eigenvalue weighted by atomic mass is 16.5. The Labute approximate surface area is 178 Å². The number of carbonyl (C=O) groups excluding carboxylic acids is 1. The van der Waals surface area contributed by atoms with Crippen molar-refractivity contribution in [3.63, 3.8) is 0 Å². The Balaban J connectivity index is 2.55. The van der Waals surface area contributed by atoms with Gasteiger partial charge in [-0.2, -0.15) is 0 Å². The van der Waals surface area contributed by atoms with Crippen molar-refractivity contribution in [3.05, 3.63) is 65.7 Å². The molecule has 0 heterocycles. The quantitative estimate of drug-likeness (QED) is 0.115. The van der Waals surface area contributed by atoms with E-state index in [1.165, 1.54) is 7.11 Å². The van der Waals surface area contributed by atoms with E-state index in [-0.39, 0.29) is 17.4 Å². The summed E-state index contributed by atoms with van der Waals surface area (Å²) in [5.74, 6) is 0.117. The third-order valence-electron chi connectivity index (χ3n) is 4.85. The fourth-order valence-electron chi connectivity index (χ4n) is 3.24. The summed E-state index contributed by atoms with van der Waals surface area (Å²) in [6.45, 7) is 4.14. The molecular formula is C25H29NO4. The Kier molecular flexibility index (Phi) is 9.47. The van der Waals surface area contributed by atoms with Crippen molar-refractivity contribution in [1.82, 2.24) is 0 Å². The van der Waals surface area contributed by atoms with Gasteiger partial charge < -0.3 is 14.2 Å². The number of esters is 1. The molecule has 0 saturated heterocycles. The van der Waals surface area contributed by atoms with Crippen LogP contribution in [0.3, 0.4) is 0 Å². The van der Waals surface area contributed by atoms with Crippen molar-refractivity contribution in [2.75, 3.05) is 7.11 Å². The Morgan fingerprint density at radius 1 is 1.03 bits per heavy atom. The molecule has 30 heavy (non-hydrogen) atoms. The maximum atomic E-state index is 13.4. The first-order valence-electron chi connectivity index (χ1n) is 10.4. The molecule has 1 atom stereocenters. The molecule has 1 unspecified atom stereocenters. The summed E-state index contributed by atoms with van der Waals surface area (Å²) in [7, 11) is 1.54. The molecule has 0 aliphatic heterocycles. The molecule has 0 radical (unpaired) electrons. The number of hydrogen-bond donors (Lipinski definition) is 0. The van der Waals surface area contributed by atoms with Crippen LogP contribution < -0.4 is 4.74 Å². The molecule has 0 aromatic heterocycles. The van der Waals surface area contributed by atoms with Gasteiger partial charge in [-0.15, -0.1) is 5.26 Å².